The number of hydrogen-bond donors (Lipinski definition) is 0. The van der Waals surface area contributed by atoms with Gasteiger partial charge >= 0.3 is 0 Å². The molecule has 0 aliphatic rings. The highest BCUT2D eigenvalue weighted by molar-refractivity contribution is 5.81. The fourth-order valence-electron chi connectivity index (χ4n) is 1.64. The van der Waals surface area contributed by atoms with Gasteiger partial charge < -0.3 is 9.80 Å². The summed E-state index contributed by atoms with van der Waals surface area (Å²) in [5.41, 5.74) is 1.62. The van der Waals surface area contributed by atoms with Crippen LogP contribution in [0.3, 0.4) is 0 Å². The molecule has 0 aliphatic heterocycles. The molecule has 4 heteroatoms. The van der Waals surface area contributed by atoms with Crippen LogP contribution in [0.15, 0.2) is 24.3 Å². The van der Waals surface area contributed by atoms with Gasteiger partial charge in [-0.25, -0.2) is 0 Å². The zero-order valence-corrected chi connectivity index (χ0v) is 11.2. The second-order valence-corrected chi connectivity index (χ2v) is 4.42. The second-order valence-electron chi connectivity index (χ2n) is 4.42. The van der Waals surface area contributed by atoms with Crippen LogP contribution in [0, 0.1) is 0 Å². The molecule has 1 amide bonds. The SMILES string of the molecule is CCCN(CC(=O)N(C)C)c1ccc(C=O)cc1. The minimum Gasteiger partial charge on any atom is -0.362 e. The average Bonchev–Trinajstić information content (AvgIpc) is 2.38. The normalized spacial score (nSPS) is 9.94. The van der Waals surface area contributed by atoms with Gasteiger partial charge in [0.1, 0.15) is 6.29 Å². The smallest absolute Gasteiger partial charge is 0.241 e. The monoisotopic (exact) mass is 248 g/mol. The van der Waals surface area contributed by atoms with Crippen LogP contribution in [0.4, 0.5) is 5.69 Å². The van der Waals surface area contributed by atoms with Gasteiger partial charge in [0.25, 0.3) is 0 Å². The standard InChI is InChI=1S/C14H20N2O2/c1-4-9-16(10-14(18)15(2)3)13-7-5-12(11-17)6-8-13/h5-8,11H,4,9-10H2,1-3H3. The van der Waals surface area contributed by atoms with Crippen molar-refractivity contribution in [2.75, 3.05) is 32.1 Å². The lowest BCUT2D eigenvalue weighted by molar-refractivity contribution is -0.127. The van der Waals surface area contributed by atoms with E-state index in [-0.39, 0.29) is 5.91 Å². The molecule has 0 heterocycles. The third-order valence-electron chi connectivity index (χ3n) is 2.71. The number of hydrogen-bond acceptors (Lipinski definition) is 3. The molecule has 1 aromatic rings. The lowest BCUT2D eigenvalue weighted by atomic mass is 10.2. The number of likely N-dealkylation sites (N-methyl/N-ethyl adjacent to an activating group) is 1. The highest BCUT2D eigenvalue weighted by Gasteiger charge is 2.12. The lowest BCUT2D eigenvalue weighted by Gasteiger charge is -2.25. The molecular weight excluding hydrogens is 228 g/mol. The van der Waals surface area contributed by atoms with E-state index < -0.39 is 0 Å². The molecule has 0 saturated carbocycles. The van der Waals surface area contributed by atoms with E-state index in [0.29, 0.717) is 12.1 Å². The number of amides is 1. The Bertz CT molecular complexity index is 399. The Morgan fingerprint density at radius 1 is 1.22 bits per heavy atom. The summed E-state index contributed by atoms with van der Waals surface area (Å²) >= 11 is 0. The quantitative estimate of drug-likeness (QED) is 0.721. The fourth-order valence-corrected chi connectivity index (χ4v) is 1.64. The first-order chi connectivity index (χ1) is 8.58. The van der Waals surface area contributed by atoms with Gasteiger partial charge in [0.05, 0.1) is 6.54 Å². The Kier molecular flexibility index (Phi) is 5.36. The first-order valence-electron chi connectivity index (χ1n) is 6.08. The van der Waals surface area contributed by atoms with E-state index in [1.165, 1.54) is 0 Å². The number of anilines is 1. The molecule has 0 N–H and O–H groups in total. The van der Waals surface area contributed by atoms with Crippen LogP contribution in [0.1, 0.15) is 23.7 Å². The molecule has 0 spiro atoms. The summed E-state index contributed by atoms with van der Waals surface area (Å²) in [6.45, 7) is 3.26. The van der Waals surface area contributed by atoms with Crippen molar-refractivity contribution in [3.8, 4) is 0 Å². The van der Waals surface area contributed by atoms with Gasteiger partial charge in [-0.15, -0.1) is 0 Å². The third-order valence-corrected chi connectivity index (χ3v) is 2.71. The molecule has 0 radical (unpaired) electrons. The van der Waals surface area contributed by atoms with Gasteiger partial charge in [0.2, 0.25) is 5.91 Å². The topological polar surface area (TPSA) is 40.6 Å². The molecular formula is C14H20N2O2. The fraction of sp³-hybridized carbons (Fsp3) is 0.429. The van der Waals surface area contributed by atoms with E-state index in [9.17, 15) is 9.59 Å². The van der Waals surface area contributed by atoms with E-state index in [1.54, 1.807) is 31.1 Å². The zero-order valence-electron chi connectivity index (χ0n) is 11.2. The Hall–Kier alpha value is -1.84. The van der Waals surface area contributed by atoms with E-state index >= 15 is 0 Å². The van der Waals surface area contributed by atoms with Crippen molar-refractivity contribution in [2.45, 2.75) is 13.3 Å². The van der Waals surface area contributed by atoms with Gasteiger partial charge in [-0.1, -0.05) is 6.92 Å². The second kappa shape index (κ2) is 6.79. The van der Waals surface area contributed by atoms with E-state index in [4.69, 9.17) is 0 Å². The van der Waals surface area contributed by atoms with Gasteiger partial charge in [-0.2, -0.15) is 0 Å². The molecule has 1 aromatic carbocycles. The summed E-state index contributed by atoms with van der Waals surface area (Å²) in [6, 6.07) is 7.29. The van der Waals surface area contributed by atoms with Gasteiger partial charge in [0.15, 0.2) is 0 Å². The van der Waals surface area contributed by atoms with Crippen LogP contribution in [0.5, 0.6) is 0 Å². The van der Waals surface area contributed by atoms with Gasteiger partial charge in [-0.3, -0.25) is 9.59 Å². The first-order valence-corrected chi connectivity index (χ1v) is 6.08. The highest BCUT2D eigenvalue weighted by Crippen LogP contribution is 2.15. The molecule has 0 saturated heterocycles. The van der Waals surface area contributed by atoms with Crippen molar-refractivity contribution in [1.29, 1.82) is 0 Å². The van der Waals surface area contributed by atoms with Crippen molar-refractivity contribution < 1.29 is 9.59 Å². The van der Waals surface area contributed by atoms with Gasteiger partial charge in [0, 0.05) is 31.9 Å². The third kappa shape index (κ3) is 3.87. The number of carbonyl (C=O) groups excluding carboxylic acids is 2. The van der Waals surface area contributed by atoms with E-state index in [0.717, 1.165) is 24.9 Å². The van der Waals surface area contributed by atoms with Gasteiger partial charge in [-0.05, 0) is 30.7 Å². The summed E-state index contributed by atoms with van der Waals surface area (Å²) in [4.78, 5) is 26.0. The summed E-state index contributed by atoms with van der Waals surface area (Å²) in [5.74, 6) is 0.0721. The van der Waals surface area contributed by atoms with Crippen LogP contribution >= 0.6 is 0 Å². The largest absolute Gasteiger partial charge is 0.362 e. The Balaban J connectivity index is 2.82. The maximum Gasteiger partial charge on any atom is 0.241 e. The Labute approximate surface area is 108 Å². The Morgan fingerprint density at radius 2 is 1.83 bits per heavy atom. The number of nitrogens with zero attached hydrogens (tertiary/aromatic N) is 2. The summed E-state index contributed by atoms with van der Waals surface area (Å²) in [6.07, 6.45) is 1.79. The minimum atomic E-state index is 0.0721. The van der Waals surface area contributed by atoms with Crippen molar-refractivity contribution in [3.63, 3.8) is 0 Å². The molecule has 0 unspecified atom stereocenters. The predicted octanol–water partition coefficient (Wildman–Crippen LogP) is 1.80. The van der Waals surface area contributed by atoms with E-state index in [1.807, 2.05) is 17.0 Å². The summed E-state index contributed by atoms with van der Waals surface area (Å²) in [5, 5.41) is 0. The Morgan fingerprint density at radius 3 is 2.28 bits per heavy atom. The summed E-state index contributed by atoms with van der Waals surface area (Å²) in [7, 11) is 3.50. The zero-order chi connectivity index (χ0) is 13.5. The van der Waals surface area contributed by atoms with Crippen molar-refractivity contribution in [2.24, 2.45) is 0 Å². The van der Waals surface area contributed by atoms with Crippen LogP contribution in [0.2, 0.25) is 0 Å². The van der Waals surface area contributed by atoms with Crippen LogP contribution in [-0.2, 0) is 4.79 Å². The molecule has 4 nitrogen and oxygen atoms in total. The van der Waals surface area contributed by atoms with Crippen molar-refractivity contribution >= 4 is 17.9 Å². The molecule has 0 fully saturated rings. The molecule has 0 atom stereocenters. The number of carbonyl (C=O) groups is 2. The van der Waals surface area contributed by atoms with Crippen LogP contribution in [-0.4, -0.2) is 44.3 Å². The maximum absolute atomic E-state index is 11.8. The van der Waals surface area contributed by atoms with Crippen LogP contribution in [0.25, 0.3) is 0 Å². The summed E-state index contributed by atoms with van der Waals surface area (Å²) < 4.78 is 0. The van der Waals surface area contributed by atoms with Crippen LogP contribution < -0.4 is 4.90 Å². The number of aldehydes is 1. The lowest BCUT2D eigenvalue weighted by Crippen LogP contribution is -2.37. The molecule has 0 bridgehead atoms. The number of benzene rings is 1. The highest BCUT2D eigenvalue weighted by atomic mass is 16.2. The van der Waals surface area contributed by atoms with Crippen molar-refractivity contribution in [1.82, 2.24) is 4.90 Å². The molecule has 0 aliphatic carbocycles. The molecule has 0 aromatic heterocycles. The molecule has 1 rings (SSSR count). The first kappa shape index (κ1) is 14.2. The van der Waals surface area contributed by atoms with Crippen molar-refractivity contribution in [3.05, 3.63) is 29.8 Å². The predicted molar refractivity (Wildman–Crippen MR) is 73.0 cm³/mol. The van der Waals surface area contributed by atoms with E-state index in [2.05, 4.69) is 6.92 Å². The maximum atomic E-state index is 11.8. The average molecular weight is 248 g/mol. The minimum absolute atomic E-state index is 0.0721. The molecule has 18 heavy (non-hydrogen) atoms. The molecule has 98 valence electrons. The number of rotatable bonds is 6.